The van der Waals surface area contributed by atoms with Crippen LogP contribution in [0, 0.1) is 11.7 Å². The average molecular weight is 332 g/mol. The van der Waals surface area contributed by atoms with Crippen LogP contribution in [0.4, 0.5) is 4.39 Å². The van der Waals surface area contributed by atoms with Gasteiger partial charge in [-0.2, -0.15) is 4.98 Å². The van der Waals surface area contributed by atoms with Crippen molar-refractivity contribution < 1.29 is 13.7 Å². The van der Waals surface area contributed by atoms with Crippen molar-refractivity contribution in [1.82, 2.24) is 19.9 Å². The number of amides is 1. The van der Waals surface area contributed by atoms with Crippen LogP contribution in [-0.2, 0) is 11.3 Å². The highest BCUT2D eigenvalue weighted by Crippen LogP contribution is 2.21. The zero-order valence-corrected chi connectivity index (χ0v) is 13.9. The van der Waals surface area contributed by atoms with E-state index in [-0.39, 0.29) is 17.6 Å². The quantitative estimate of drug-likeness (QED) is 0.859. The Labute approximate surface area is 140 Å². The monoisotopic (exact) mass is 332 g/mol. The Balaban J connectivity index is 1.56. The van der Waals surface area contributed by atoms with Crippen LogP contribution in [0.3, 0.4) is 0 Å². The van der Waals surface area contributed by atoms with E-state index in [0.717, 1.165) is 31.5 Å². The zero-order valence-electron chi connectivity index (χ0n) is 13.9. The molecule has 0 spiro atoms. The Morgan fingerprint density at radius 1 is 1.29 bits per heavy atom. The smallest absolute Gasteiger partial charge is 0.241 e. The van der Waals surface area contributed by atoms with Gasteiger partial charge in [-0.25, -0.2) is 4.39 Å². The van der Waals surface area contributed by atoms with Gasteiger partial charge in [0, 0.05) is 25.6 Å². The number of rotatable bonds is 4. The van der Waals surface area contributed by atoms with E-state index in [9.17, 15) is 9.18 Å². The number of nitrogens with zero attached hydrogens (tertiary/aromatic N) is 4. The highest BCUT2D eigenvalue weighted by atomic mass is 19.1. The van der Waals surface area contributed by atoms with Crippen molar-refractivity contribution in [3.05, 3.63) is 36.0 Å². The predicted molar refractivity (Wildman–Crippen MR) is 86.4 cm³/mol. The van der Waals surface area contributed by atoms with Gasteiger partial charge in [-0.3, -0.25) is 9.69 Å². The van der Waals surface area contributed by atoms with Crippen LogP contribution in [0.5, 0.6) is 0 Å². The van der Waals surface area contributed by atoms with E-state index in [0.29, 0.717) is 18.3 Å². The molecular formula is C17H21FN4O2. The van der Waals surface area contributed by atoms with Crippen LogP contribution in [0.15, 0.2) is 28.8 Å². The van der Waals surface area contributed by atoms with Crippen molar-refractivity contribution in [2.24, 2.45) is 5.92 Å². The van der Waals surface area contributed by atoms with Crippen LogP contribution in [0.2, 0.25) is 0 Å². The number of halogens is 1. The summed E-state index contributed by atoms with van der Waals surface area (Å²) in [5, 5.41) is 3.95. The minimum absolute atomic E-state index is 0.105. The maximum absolute atomic E-state index is 13.0. The maximum Gasteiger partial charge on any atom is 0.241 e. The summed E-state index contributed by atoms with van der Waals surface area (Å²) >= 11 is 0. The summed E-state index contributed by atoms with van der Waals surface area (Å²) in [6.45, 7) is 2.23. The molecule has 7 heteroatoms. The molecule has 1 aliphatic rings. The molecular weight excluding hydrogens is 311 g/mol. The molecule has 6 nitrogen and oxygen atoms in total. The van der Waals surface area contributed by atoms with Gasteiger partial charge in [-0.05, 0) is 50.2 Å². The molecule has 2 aromatic rings. The lowest BCUT2D eigenvalue weighted by molar-refractivity contribution is -0.134. The number of piperidine rings is 1. The van der Waals surface area contributed by atoms with Crippen molar-refractivity contribution in [1.29, 1.82) is 0 Å². The second-order valence-electron chi connectivity index (χ2n) is 6.30. The Hall–Kier alpha value is -2.28. The lowest BCUT2D eigenvalue weighted by atomic mass is 9.95. The summed E-state index contributed by atoms with van der Waals surface area (Å²) < 4.78 is 18.2. The molecule has 0 unspecified atom stereocenters. The molecule has 0 aliphatic carbocycles. The van der Waals surface area contributed by atoms with Crippen molar-refractivity contribution >= 4 is 5.91 Å². The minimum Gasteiger partial charge on any atom is -0.349 e. The largest absolute Gasteiger partial charge is 0.349 e. The summed E-state index contributed by atoms with van der Waals surface area (Å²) in [5.74, 6) is 1.01. The van der Waals surface area contributed by atoms with Gasteiger partial charge in [0.2, 0.25) is 17.6 Å². The second-order valence-corrected chi connectivity index (χ2v) is 6.30. The standard InChI is InChI=1S/C17H21FN4O2/c1-21(2)17(23)13-7-9-22(10-8-13)11-15-19-16(20-24-15)12-3-5-14(18)6-4-12/h3-6,13H,7-11H2,1-2H3. The van der Waals surface area contributed by atoms with Gasteiger partial charge >= 0.3 is 0 Å². The molecule has 0 N–H and O–H groups in total. The molecule has 24 heavy (non-hydrogen) atoms. The number of hydrogen-bond donors (Lipinski definition) is 0. The third-order valence-corrected chi connectivity index (χ3v) is 4.31. The summed E-state index contributed by atoms with van der Waals surface area (Å²) in [6, 6.07) is 6.00. The molecule has 1 saturated heterocycles. The summed E-state index contributed by atoms with van der Waals surface area (Å²) in [6.07, 6.45) is 1.69. The lowest BCUT2D eigenvalue weighted by Crippen LogP contribution is -2.39. The molecule has 0 radical (unpaired) electrons. The van der Waals surface area contributed by atoms with Gasteiger partial charge in [-0.1, -0.05) is 5.16 Å². The first-order valence-electron chi connectivity index (χ1n) is 8.05. The van der Waals surface area contributed by atoms with Crippen LogP contribution < -0.4 is 0 Å². The van der Waals surface area contributed by atoms with Gasteiger partial charge in [0.1, 0.15) is 5.82 Å². The normalized spacial score (nSPS) is 16.3. The Morgan fingerprint density at radius 3 is 2.58 bits per heavy atom. The van der Waals surface area contributed by atoms with Gasteiger partial charge in [0.05, 0.1) is 6.54 Å². The van der Waals surface area contributed by atoms with Crippen LogP contribution in [0.1, 0.15) is 18.7 Å². The molecule has 3 rings (SSSR count). The fraction of sp³-hybridized carbons (Fsp3) is 0.471. The van der Waals surface area contributed by atoms with Gasteiger partial charge in [0.25, 0.3) is 0 Å². The third kappa shape index (κ3) is 3.79. The van der Waals surface area contributed by atoms with Gasteiger partial charge in [-0.15, -0.1) is 0 Å². The highest BCUT2D eigenvalue weighted by molar-refractivity contribution is 5.78. The van der Waals surface area contributed by atoms with E-state index in [4.69, 9.17) is 4.52 Å². The topological polar surface area (TPSA) is 62.5 Å². The third-order valence-electron chi connectivity index (χ3n) is 4.31. The summed E-state index contributed by atoms with van der Waals surface area (Å²) in [5.41, 5.74) is 0.724. The predicted octanol–water partition coefficient (Wildman–Crippen LogP) is 2.18. The molecule has 128 valence electrons. The minimum atomic E-state index is -0.294. The Bertz CT molecular complexity index is 691. The number of carbonyl (C=O) groups excluding carboxylic acids is 1. The van der Waals surface area contributed by atoms with E-state index in [1.54, 1.807) is 31.1 Å². The number of carbonyl (C=O) groups is 1. The Kier molecular flexibility index (Phi) is 4.89. The van der Waals surface area contributed by atoms with E-state index in [1.165, 1.54) is 12.1 Å². The van der Waals surface area contributed by atoms with E-state index < -0.39 is 0 Å². The number of aromatic nitrogens is 2. The number of likely N-dealkylation sites (tertiary alicyclic amines) is 1. The number of hydrogen-bond acceptors (Lipinski definition) is 5. The first-order chi connectivity index (χ1) is 11.5. The summed E-state index contributed by atoms with van der Waals surface area (Å²) in [7, 11) is 3.59. The van der Waals surface area contributed by atoms with Crippen molar-refractivity contribution in [3.63, 3.8) is 0 Å². The zero-order chi connectivity index (χ0) is 17.1. The van der Waals surface area contributed by atoms with Crippen molar-refractivity contribution in [2.45, 2.75) is 19.4 Å². The summed E-state index contributed by atoms with van der Waals surface area (Å²) in [4.78, 5) is 20.2. The number of benzene rings is 1. The van der Waals surface area contributed by atoms with E-state index >= 15 is 0 Å². The lowest BCUT2D eigenvalue weighted by Gasteiger charge is -2.31. The van der Waals surface area contributed by atoms with Crippen LogP contribution in [-0.4, -0.2) is 53.0 Å². The molecule has 2 heterocycles. The SMILES string of the molecule is CN(C)C(=O)C1CCN(Cc2nc(-c3ccc(F)cc3)no2)CC1. The second kappa shape index (κ2) is 7.09. The van der Waals surface area contributed by atoms with E-state index in [2.05, 4.69) is 15.0 Å². The maximum atomic E-state index is 13.0. The fourth-order valence-electron chi connectivity index (χ4n) is 2.93. The molecule has 0 bridgehead atoms. The fourth-order valence-corrected chi connectivity index (χ4v) is 2.93. The molecule has 0 saturated carbocycles. The van der Waals surface area contributed by atoms with Crippen LogP contribution >= 0.6 is 0 Å². The van der Waals surface area contributed by atoms with Crippen molar-refractivity contribution in [2.75, 3.05) is 27.2 Å². The Morgan fingerprint density at radius 2 is 1.96 bits per heavy atom. The molecule has 0 atom stereocenters. The van der Waals surface area contributed by atoms with Gasteiger partial charge < -0.3 is 9.42 Å². The average Bonchev–Trinajstić information content (AvgIpc) is 3.04. The van der Waals surface area contributed by atoms with Crippen molar-refractivity contribution in [3.8, 4) is 11.4 Å². The molecule has 1 fully saturated rings. The van der Waals surface area contributed by atoms with E-state index in [1.807, 2.05) is 0 Å². The highest BCUT2D eigenvalue weighted by Gasteiger charge is 2.26. The molecule has 1 aliphatic heterocycles. The molecule has 1 aromatic heterocycles. The molecule has 1 amide bonds. The van der Waals surface area contributed by atoms with Crippen LogP contribution in [0.25, 0.3) is 11.4 Å². The first kappa shape index (κ1) is 16.6. The van der Waals surface area contributed by atoms with Gasteiger partial charge in [0.15, 0.2) is 0 Å². The first-order valence-corrected chi connectivity index (χ1v) is 8.05. The molecule has 1 aromatic carbocycles.